The van der Waals surface area contributed by atoms with E-state index in [2.05, 4.69) is 14.5 Å². The van der Waals surface area contributed by atoms with Crippen LogP contribution in [0.5, 0.6) is 17.2 Å². The molecule has 0 radical (unpaired) electrons. The number of benzene rings is 2. The average Bonchev–Trinajstić information content (AvgIpc) is 3.51. The molecule has 7 nitrogen and oxygen atoms in total. The molecule has 1 aliphatic carbocycles. The number of alkyl halides is 2. The fraction of sp³-hybridized carbons (Fsp3) is 0.240. The maximum Gasteiger partial charge on any atom is 0.586 e. The molecule has 2 aliphatic rings. The number of hydrogen-bond acceptors (Lipinski definition) is 6. The normalized spacial score (nSPS) is 16.8. The second kappa shape index (κ2) is 7.51. The molecule has 34 heavy (non-hydrogen) atoms. The van der Waals surface area contributed by atoms with E-state index in [-0.39, 0.29) is 37.9 Å². The predicted molar refractivity (Wildman–Crippen MR) is 120 cm³/mol. The number of carbonyl (C=O) groups excluding carboxylic acids is 1. The smallest absolute Gasteiger partial charge is 0.508 e. The zero-order chi connectivity index (χ0) is 24.3. The number of aryl methyl sites for hydroxylation is 1. The number of ether oxygens (including phenoxy) is 2. The number of hydrogen-bond donors (Lipinski definition) is 2. The number of Topliss-reactive ketones (excluding diaryl/α,β-unsaturated/α-hetero) is 1. The van der Waals surface area contributed by atoms with Crippen LogP contribution in [0.2, 0.25) is 0 Å². The van der Waals surface area contributed by atoms with Crippen LogP contribution in [0.1, 0.15) is 42.9 Å². The first-order chi connectivity index (χ1) is 16.1. The van der Waals surface area contributed by atoms with Crippen LogP contribution in [0.3, 0.4) is 0 Å². The van der Waals surface area contributed by atoms with Crippen molar-refractivity contribution in [1.82, 2.24) is 4.98 Å². The first kappa shape index (κ1) is 21.8. The Hall–Kier alpha value is -4.01. The molecular formula is C25H23F2NO6. The molecule has 2 heterocycles. The predicted octanol–water partition coefficient (Wildman–Crippen LogP) is 5.12. The summed E-state index contributed by atoms with van der Waals surface area (Å²) in [5, 5.41) is 19.2. The van der Waals surface area contributed by atoms with E-state index in [0.29, 0.717) is 35.4 Å². The van der Waals surface area contributed by atoms with Crippen molar-refractivity contribution in [1.29, 1.82) is 0 Å². The lowest BCUT2D eigenvalue weighted by Gasteiger charge is -2.16. The van der Waals surface area contributed by atoms with E-state index >= 15 is 0 Å². The number of phenols is 1. The number of ketones is 1. The molecule has 1 saturated carbocycles. The topological polar surface area (TPSA) is 106 Å². The monoisotopic (exact) mass is 471 g/mol. The van der Waals surface area contributed by atoms with Gasteiger partial charge in [0.05, 0.1) is 16.7 Å². The molecule has 3 aromatic rings. The molecule has 2 aromatic carbocycles. The van der Waals surface area contributed by atoms with Gasteiger partial charge in [0.2, 0.25) is 0 Å². The number of aromatic carboxylic acids is 1. The van der Waals surface area contributed by atoms with Gasteiger partial charge >= 0.3 is 12.3 Å². The molecule has 1 aliphatic heterocycles. The highest BCUT2D eigenvalue weighted by Crippen LogP contribution is 2.52. The minimum absolute atomic E-state index is 0. The fourth-order valence-electron chi connectivity index (χ4n) is 4.27. The molecule has 0 spiro atoms. The number of rotatable bonds is 6. The van der Waals surface area contributed by atoms with Gasteiger partial charge in [0.25, 0.3) is 0 Å². The van der Waals surface area contributed by atoms with Crippen LogP contribution in [0, 0.1) is 6.92 Å². The highest BCUT2D eigenvalue weighted by Gasteiger charge is 2.52. The molecule has 1 fully saturated rings. The van der Waals surface area contributed by atoms with Crippen LogP contribution in [0.15, 0.2) is 48.5 Å². The SMILES string of the molecule is Cc1ccc(CC(=O)C2(c3ccc4c(c3)OC(F)(F)O4)CC2)nc1-c1cc(O)cc(C(=O)O)c1.[HH].[HH]. The Kier molecular flexibility index (Phi) is 4.82. The summed E-state index contributed by atoms with van der Waals surface area (Å²) >= 11 is 0. The van der Waals surface area contributed by atoms with Crippen molar-refractivity contribution >= 4 is 11.8 Å². The Morgan fingerprint density at radius 1 is 1.06 bits per heavy atom. The first-order valence-corrected chi connectivity index (χ1v) is 10.5. The number of nitrogens with zero attached hydrogens (tertiary/aromatic N) is 1. The lowest BCUT2D eigenvalue weighted by atomic mass is 9.88. The quantitative estimate of drug-likeness (QED) is 0.514. The molecule has 0 unspecified atom stereocenters. The van der Waals surface area contributed by atoms with E-state index in [0.717, 1.165) is 11.6 Å². The van der Waals surface area contributed by atoms with Crippen molar-refractivity contribution in [3.05, 3.63) is 70.9 Å². The highest BCUT2D eigenvalue weighted by atomic mass is 19.3. The Morgan fingerprint density at radius 3 is 2.50 bits per heavy atom. The van der Waals surface area contributed by atoms with Crippen molar-refractivity contribution < 1.29 is 40.9 Å². The van der Waals surface area contributed by atoms with Gasteiger partial charge < -0.3 is 19.7 Å². The van der Waals surface area contributed by atoms with E-state index < -0.39 is 17.7 Å². The second-order valence-corrected chi connectivity index (χ2v) is 8.55. The van der Waals surface area contributed by atoms with Gasteiger partial charge in [0, 0.05) is 20.5 Å². The molecule has 0 atom stereocenters. The average molecular weight is 471 g/mol. The van der Waals surface area contributed by atoms with Crippen LogP contribution < -0.4 is 9.47 Å². The summed E-state index contributed by atoms with van der Waals surface area (Å²) in [7, 11) is 0. The fourth-order valence-corrected chi connectivity index (χ4v) is 4.27. The van der Waals surface area contributed by atoms with Gasteiger partial charge in [-0.2, -0.15) is 0 Å². The summed E-state index contributed by atoms with van der Waals surface area (Å²) in [4.78, 5) is 29.2. The number of carboxylic acids is 1. The summed E-state index contributed by atoms with van der Waals surface area (Å²) in [6, 6.07) is 11.9. The third-order valence-electron chi connectivity index (χ3n) is 6.17. The van der Waals surface area contributed by atoms with Crippen LogP contribution >= 0.6 is 0 Å². The van der Waals surface area contributed by atoms with Gasteiger partial charge in [-0.1, -0.05) is 12.1 Å². The van der Waals surface area contributed by atoms with Crippen molar-refractivity contribution in [2.45, 2.75) is 37.9 Å². The second-order valence-electron chi connectivity index (χ2n) is 8.55. The van der Waals surface area contributed by atoms with Crippen molar-refractivity contribution in [3.8, 4) is 28.5 Å². The standard InChI is InChI=1S/C25H19F2NO6.2H2/c1-13-2-4-17(28-22(13)14-8-15(23(31)32)10-18(29)9-14)12-21(30)24(6-7-24)16-3-5-19-20(11-16)34-25(26,27)33-19;;/h2-5,8-11,29H,6-7,12H2,1H3,(H,31,32);2*1H. The van der Waals surface area contributed by atoms with Gasteiger partial charge in [-0.05, 0) is 67.3 Å². The molecule has 2 N–H and O–H groups in total. The summed E-state index contributed by atoms with van der Waals surface area (Å²) in [5.74, 6) is -1.67. The molecule has 9 heteroatoms. The van der Waals surface area contributed by atoms with E-state index in [9.17, 15) is 28.6 Å². The lowest BCUT2D eigenvalue weighted by Crippen LogP contribution is -2.26. The summed E-state index contributed by atoms with van der Waals surface area (Å²) in [6.45, 7) is 1.79. The molecule has 5 rings (SSSR count). The minimum atomic E-state index is -3.73. The van der Waals surface area contributed by atoms with Crippen LogP contribution in [-0.4, -0.2) is 33.2 Å². The largest absolute Gasteiger partial charge is 0.586 e. The number of carbonyl (C=O) groups is 2. The molecule has 1 aromatic heterocycles. The zero-order valence-electron chi connectivity index (χ0n) is 18.0. The Balaban J connectivity index is 0.00000180. The van der Waals surface area contributed by atoms with Gasteiger partial charge in [-0.3, -0.25) is 9.78 Å². The lowest BCUT2D eigenvalue weighted by molar-refractivity contribution is -0.286. The summed E-state index contributed by atoms with van der Waals surface area (Å²) < 4.78 is 35.7. The number of halogens is 2. The van der Waals surface area contributed by atoms with Crippen LogP contribution in [0.25, 0.3) is 11.3 Å². The van der Waals surface area contributed by atoms with Gasteiger partial charge in [0.15, 0.2) is 11.5 Å². The van der Waals surface area contributed by atoms with Gasteiger partial charge in [0.1, 0.15) is 11.5 Å². The third-order valence-corrected chi connectivity index (χ3v) is 6.17. The Morgan fingerprint density at radius 2 is 1.79 bits per heavy atom. The maximum absolute atomic E-state index is 13.4. The Labute approximate surface area is 195 Å². The molecule has 178 valence electrons. The number of fused-ring (bicyclic) bond motifs is 1. The maximum atomic E-state index is 13.4. The van der Waals surface area contributed by atoms with Crippen molar-refractivity contribution in [2.24, 2.45) is 0 Å². The van der Waals surface area contributed by atoms with E-state index in [1.54, 1.807) is 25.1 Å². The number of phenolic OH excluding ortho intramolecular Hbond substituents is 1. The van der Waals surface area contributed by atoms with Gasteiger partial charge in [-0.15, -0.1) is 8.78 Å². The number of aromatic nitrogens is 1. The van der Waals surface area contributed by atoms with Crippen LogP contribution in [0.4, 0.5) is 8.78 Å². The number of pyridine rings is 1. The third kappa shape index (κ3) is 3.83. The summed E-state index contributed by atoms with van der Waals surface area (Å²) in [6.07, 6.45) is -2.57. The van der Waals surface area contributed by atoms with Crippen molar-refractivity contribution in [2.75, 3.05) is 0 Å². The Bertz CT molecular complexity index is 1360. The van der Waals surface area contributed by atoms with Crippen molar-refractivity contribution in [3.63, 3.8) is 0 Å². The van der Waals surface area contributed by atoms with E-state index in [4.69, 9.17) is 0 Å². The molecule has 0 saturated heterocycles. The molecule has 0 bridgehead atoms. The number of aromatic hydroxyl groups is 1. The molecular weight excluding hydrogens is 448 g/mol. The first-order valence-electron chi connectivity index (χ1n) is 10.5. The van der Waals surface area contributed by atoms with Gasteiger partial charge in [-0.25, -0.2) is 4.79 Å². The van der Waals surface area contributed by atoms with E-state index in [1.165, 1.54) is 24.3 Å². The van der Waals surface area contributed by atoms with E-state index in [1.807, 2.05) is 0 Å². The number of carboxylic acid groups (broad SMARTS) is 1. The van der Waals surface area contributed by atoms with Crippen LogP contribution in [-0.2, 0) is 16.6 Å². The molecule has 0 amide bonds. The summed E-state index contributed by atoms with van der Waals surface area (Å²) in [5.41, 5.74) is 1.80. The minimum Gasteiger partial charge on any atom is -0.508 e. The highest BCUT2D eigenvalue weighted by molar-refractivity contribution is 5.95. The zero-order valence-corrected chi connectivity index (χ0v) is 18.0.